The van der Waals surface area contributed by atoms with Crippen LogP contribution >= 0.6 is 0 Å². The second-order valence-electron chi connectivity index (χ2n) is 7.27. The quantitative estimate of drug-likeness (QED) is 0.901. The number of hydrogen-bond acceptors (Lipinski definition) is 5. The molecule has 1 atom stereocenters. The number of piperidine rings is 1. The summed E-state index contributed by atoms with van der Waals surface area (Å²) in [6.45, 7) is 3.09. The van der Waals surface area contributed by atoms with E-state index in [1.165, 1.54) is 5.56 Å². The second kappa shape index (κ2) is 8.15. The van der Waals surface area contributed by atoms with E-state index in [4.69, 9.17) is 9.72 Å². The lowest BCUT2D eigenvalue weighted by molar-refractivity contribution is 0.0599. The van der Waals surface area contributed by atoms with Gasteiger partial charge in [0.2, 0.25) is 0 Å². The van der Waals surface area contributed by atoms with E-state index in [2.05, 4.69) is 10.3 Å². The summed E-state index contributed by atoms with van der Waals surface area (Å²) < 4.78 is 5.15. The van der Waals surface area contributed by atoms with Gasteiger partial charge in [-0.15, -0.1) is 0 Å². The topological polar surface area (TPSA) is 67.3 Å². The number of nitrogens with zero attached hydrogens (tertiary/aromatic N) is 3. The van der Waals surface area contributed by atoms with Gasteiger partial charge in [0.05, 0.1) is 12.6 Å². The molecule has 1 aromatic heterocycles. The van der Waals surface area contributed by atoms with Crippen molar-refractivity contribution in [1.29, 1.82) is 0 Å². The Morgan fingerprint density at radius 1 is 1.30 bits per heavy atom. The van der Waals surface area contributed by atoms with Crippen LogP contribution in [0.25, 0.3) is 0 Å². The summed E-state index contributed by atoms with van der Waals surface area (Å²) in [7, 11) is 1.67. The van der Waals surface area contributed by atoms with Gasteiger partial charge in [-0.1, -0.05) is 12.1 Å². The summed E-state index contributed by atoms with van der Waals surface area (Å²) in [6, 6.07) is 7.66. The van der Waals surface area contributed by atoms with Crippen molar-refractivity contribution in [3.05, 3.63) is 58.7 Å². The Morgan fingerprint density at radius 2 is 2.15 bits per heavy atom. The van der Waals surface area contributed by atoms with Crippen LogP contribution in [0.4, 0.5) is 0 Å². The minimum absolute atomic E-state index is 0.0370. The number of fused-ring (bicyclic) bond motifs is 1. The van der Waals surface area contributed by atoms with Gasteiger partial charge in [0.25, 0.3) is 5.91 Å². The third-order valence-electron chi connectivity index (χ3n) is 5.40. The van der Waals surface area contributed by atoms with Gasteiger partial charge in [-0.25, -0.2) is 9.97 Å². The van der Waals surface area contributed by atoms with Crippen molar-refractivity contribution in [1.82, 2.24) is 20.2 Å². The summed E-state index contributed by atoms with van der Waals surface area (Å²) >= 11 is 0. The number of amides is 1. The van der Waals surface area contributed by atoms with E-state index in [0.29, 0.717) is 12.2 Å². The Morgan fingerprint density at radius 3 is 2.96 bits per heavy atom. The number of benzene rings is 1. The van der Waals surface area contributed by atoms with Crippen molar-refractivity contribution < 1.29 is 9.53 Å². The van der Waals surface area contributed by atoms with Crippen LogP contribution < -0.4 is 5.32 Å². The summed E-state index contributed by atoms with van der Waals surface area (Å²) in [4.78, 5) is 24.6. The molecule has 0 saturated carbocycles. The predicted octanol–water partition coefficient (Wildman–Crippen LogP) is 2.64. The van der Waals surface area contributed by atoms with Crippen molar-refractivity contribution in [3.63, 3.8) is 0 Å². The molecule has 4 rings (SSSR count). The van der Waals surface area contributed by atoms with Crippen LogP contribution in [0, 0.1) is 0 Å². The standard InChI is InChI=1S/C21H26N4O2/c1-27-14-15-5-7-16(8-6-15)21(26)25-11-3-2-4-19(25)20-23-13-17-12-22-10-9-18(17)24-20/h5-8,13,19,22H,2-4,9-12,14H2,1H3/t19-/m1/s1. The average Bonchev–Trinajstić information content (AvgIpc) is 2.74. The Bertz CT molecular complexity index is 806. The summed E-state index contributed by atoms with van der Waals surface area (Å²) in [5, 5.41) is 3.35. The highest BCUT2D eigenvalue weighted by atomic mass is 16.5. The maximum absolute atomic E-state index is 13.2. The molecule has 1 N–H and O–H groups in total. The molecule has 6 heteroatoms. The van der Waals surface area contributed by atoms with E-state index in [-0.39, 0.29) is 11.9 Å². The normalized spacial score (nSPS) is 19.6. The zero-order valence-electron chi connectivity index (χ0n) is 15.8. The first kappa shape index (κ1) is 18.1. The molecule has 0 aliphatic carbocycles. The number of rotatable bonds is 4. The minimum Gasteiger partial charge on any atom is -0.380 e. The van der Waals surface area contributed by atoms with Gasteiger partial charge in [0.15, 0.2) is 5.82 Å². The van der Waals surface area contributed by atoms with E-state index in [9.17, 15) is 4.79 Å². The Labute approximate surface area is 160 Å². The van der Waals surface area contributed by atoms with E-state index >= 15 is 0 Å². The van der Waals surface area contributed by atoms with Gasteiger partial charge in [-0.2, -0.15) is 0 Å². The fourth-order valence-electron chi connectivity index (χ4n) is 3.93. The third-order valence-corrected chi connectivity index (χ3v) is 5.40. The third kappa shape index (κ3) is 3.87. The molecule has 0 bridgehead atoms. The van der Waals surface area contributed by atoms with Crippen molar-refractivity contribution in [2.45, 2.75) is 44.9 Å². The summed E-state index contributed by atoms with van der Waals surface area (Å²) in [6.07, 6.45) is 5.90. The zero-order valence-corrected chi connectivity index (χ0v) is 15.8. The zero-order chi connectivity index (χ0) is 18.6. The van der Waals surface area contributed by atoms with Gasteiger partial charge in [-0.05, 0) is 37.0 Å². The van der Waals surface area contributed by atoms with Crippen LogP contribution in [0.3, 0.4) is 0 Å². The highest BCUT2D eigenvalue weighted by Crippen LogP contribution is 2.31. The largest absolute Gasteiger partial charge is 0.380 e. The smallest absolute Gasteiger partial charge is 0.254 e. The van der Waals surface area contributed by atoms with Crippen LogP contribution in [0.2, 0.25) is 0 Å². The van der Waals surface area contributed by atoms with E-state index in [0.717, 1.165) is 62.4 Å². The molecule has 1 fully saturated rings. The summed E-state index contributed by atoms with van der Waals surface area (Å²) in [5.41, 5.74) is 4.08. The summed E-state index contributed by atoms with van der Waals surface area (Å²) in [5.74, 6) is 0.853. The van der Waals surface area contributed by atoms with Crippen LogP contribution in [0.15, 0.2) is 30.5 Å². The first-order valence-electron chi connectivity index (χ1n) is 9.70. The number of carbonyl (C=O) groups is 1. The molecule has 2 aliphatic heterocycles. The molecule has 2 aromatic rings. The molecule has 3 heterocycles. The molecule has 6 nitrogen and oxygen atoms in total. The van der Waals surface area contributed by atoms with Gasteiger partial charge in [-0.3, -0.25) is 4.79 Å². The number of nitrogens with one attached hydrogen (secondary N) is 1. The molecular weight excluding hydrogens is 340 g/mol. The Balaban J connectivity index is 1.57. The van der Waals surface area contributed by atoms with Crippen molar-refractivity contribution >= 4 is 5.91 Å². The van der Waals surface area contributed by atoms with Crippen LogP contribution in [-0.4, -0.2) is 41.0 Å². The maximum atomic E-state index is 13.2. The first-order chi connectivity index (χ1) is 13.3. The number of methoxy groups -OCH3 is 1. The first-order valence-corrected chi connectivity index (χ1v) is 9.70. The molecule has 1 amide bonds. The van der Waals surface area contributed by atoms with Crippen molar-refractivity contribution in [3.8, 4) is 0 Å². The molecule has 0 spiro atoms. The SMILES string of the molecule is COCc1ccc(C(=O)N2CCCC[C@@H]2c2ncc3c(n2)CCNC3)cc1. The van der Waals surface area contributed by atoms with Gasteiger partial charge in [0.1, 0.15) is 0 Å². The fraction of sp³-hybridized carbons (Fsp3) is 0.476. The van der Waals surface area contributed by atoms with Crippen LogP contribution in [0.1, 0.15) is 58.3 Å². The fourth-order valence-corrected chi connectivity index (χ4v) is 3.93. The maximum Gasteiger partial charge on any atom is 0.254 e. The molecular formula is C21H26N4O2. The highest BCUT2D eigenvalue weighted by molar-refractivity contribution is 5.94. The molecule has 1 saturated heterocycles. The molecule has 2 aliphatic rings. The number of ether oxygens (including phenoxy) is 1. The average molecular weight is 366 g/mol. The van der Waals surface area contributed by atoms with Crippen LogP contribution in [0.5, 0.6) is 0 Å². The van der Waals surface area contributed by atoms with Crippen molar-refractivity contribution in [2.24, 2.45) is 0 Å². The number of hydrogen-bond donors (Lipinski definition) is 1. The minimum atomic E-state index is -0.0370. The molecule has 1 aromatic carbocycles. The predicted molar refractivity (Wildman–Crippen MR) is 102 cm³/mol. The van der Waals surface area contributed by atoms with Crippen molar-refractivity contribution in [2.75, 3.05) is 20.2 Å². The highest BCUT2D eigenvalue weighted by Gasteiger charge is 2.31. The lowest BCUT2D eigenvalue weighted by Gasteiger charge is -2.35. The molecule has 142 valence electrons. The Hall–Kier alpha value is -2.31. The molecule has 0 radical (unpaired) electrons. The van der Waals surface area contributed by atoms with Crippen LogP contribution in [-0.2, 0) is 24.3 Å². The Kier molecular flexibility index (Phi) is 5.45. The molecule has 27 heavy (non-hydrogen) atoms. The van der Waals surface area contributed by atoms with Gasteiger partial charge in [0, 0.05) is 56.2 Å². The van der Waals surface area contributed by atoms with E-state index in [1.54, 1.807) is 7.11 Å². The number of carbonyl (C=O) groups excluding carboxylic acids is 1. The number of aromatic nitrogens is 2. The monoisotopic (exact) mass is 366 g/mol. The lowest BCUT2D eigenvalue weighted by atomic mass is 9.99. The van der Waals surface area contributed by atoms with E-state index in [1.807, 2.05) is 35.4 Å². The lowest BCUT2D eigenvalue weighted by Crippen LogP contribution is -2.39. The second-order valence-corrected chi connectivity index (χ2v) is 7.27. The number of likely N-dealkylation sites (tertiary alicyclic amines) is 1. The molecule has 0 unspecified atom stereocenters. The van der Waals surface area contributed by atoms with Gasteiger partial charge < -0.3 is 15.0 Å². The van der Waals surface area contributed by atoms with E-state index < -0.39 is 0 Å². The van der Waals surface area contributed by atoms with Gasteiger partial charge >= 0.3 is 0 Å².